The molecule has 0 aromatic heterocycles. The molecule has 0 fully saturated rings. The molecular formula is C24H29NO6S. The average molecular weight is 460 g/mol. The van der Waals surface area contributed by atoms with Crippen LogP contribution in [0.1, 0.15) is 38.1 Å². The summed E-state index contributed by atoms with van der Waals surface area (Å²) in [5.74, 6) is 0.0837. The van der Waals surface area contributed by atoms with Gasteiger partial charge in [-0.05, 0) is 19.1 Å². The van der Waals surface area contributed by atoms with Gasteiger partial charge in [-0.3, -0.25) is 9.59 Å². The Bertz CT molecular complexity index is 960. The summed E-state index contributed by atoms with van der Waals surface area (Å²) >= 11 is 1.23. The minimum absolute atomic E-state index is 0.169. The molecule has 172 valence electrons. The summed E-state index contributed by atoms with van der Waals surface area (Å²) in [7, 11) is 3.06. The number of Topliss-reactive ketones (excluding diaryl/α,β-unsaturated/α-hetero) is 1. The molecule has 1 atom stereocenters. The Morgan fingerprint density at radius 2 is 1.59 bits per heavy atom. The lowest BCUT2D eigenvalue weighted by atomic mass is 9.91. The first kappa shape index (κ1) is 25.3. The van der Waals surface area contributed by atoms with Crippen LogP contribution in [0.2, 0.25) is 0 Å². The number of ketones is 1. The van der Waals surface area contributed by atoms with E-state index in [-0.39, 0.29) is 18.3 Å². The third-order valence-corrected chi connectivity index (χ3v) is 5.75. The maximum absolute atomic E-state index is 12.7. The number of hydrogen-bond donors (Lipinski definition) is 1. The number of nitrogens with one attached hydrogen (secondary N) is 1. The second-order valence-corrected chi connectivity index (χ2v) is 9.48. The molecule has 0 saturated carbocycles. The van der Waals surface area contributed by atoms with Crippen molar-refractivity contribution in [2.45, 2.75) is 37.8 Å². The van der Waals surface area contributed by atoms with E-state index < -0.39 is 16.6 Å². The van der Waals surface area contributed by atoms with Crippen LogP contribution in [0.5, 0.6) is 11.5 Å². The van der Waals surface area contributed by atoms with E-state index >= 15 is 0 Å². The van der Waals surface area contributed by atoms with Crippen LogP contribution in [-0.4, -0.2) is 43.7 Å². The highest BCUT2D eigenvalue weighted by Crippen LogP contribution is 2.30. The maximum atomic E-state index is 12.7. The number of esters is 1. The lowest BCUT2D eigenvalue weighted by molar-refractivity contribution is -0.129. The smallest absolute Gasteiger partial charge is 0.339 e. The molecule has 1 N–H and O–H groups in total. The van der Waals surface area contributed by atoms with Gasteiger partial charge in [-0.2, -0.15) is 0 Å². The van der Waals surface area contributed by atoms with Gasteiger partial charge >= 0.3 is 5.97 Å². The van der Waals surface area contributed by atoms with Crippen LogP contribution in [0.15, 0.2) is 47.4 Å². The molecule has 0 radical (unpaired) electrons. The molecule has 0 saturated heterocycles. The average Bonchev–Trinajstić information content (AvgIpc) is 2.76. The summed E-state index contributed by atoms with van der Waals surface area (Å²) < 4.78 is 15.7. The molecule has 1 amide bonds. The van der Waals surface area contributed by atoms with Gasteiger partial charge in [-0.15, -0.1) is 11.8 Å². The van der Waals surface area contributed by atoms with Crippen LogP contribution in [-0.2, 0) is 14.3 Å². The largest absolute Gasteiger partial charge is 0.497 e. The molecule has 2 aromatic rings. The molecule has 32 heavy (non-hydrogen) atoms. The molecule has 0 aliphatic carbocycles. The molecule has 0 aliphatic heterocycles. The molecule has 8 heteroatoms. The molecular weight excluding hydrogens is 430 g/mol. The highest BCUT2D eigenvalue weighted by molar-refractivity contribution is 8.00. The first-order valence-electron chi connectivity index (χ1n) is 10.0. The number of benzene rings is 2. The van der Waals surface area contributed by atoms with Crippen LogP contribution < -0.4 is 14.8 Å². The summed E-state index contributed by atoms with van der Waals surface area (Å²) in [6, 6.07) is 11.9. The van der Waals surface area contributed by atoms with Crippen molar-refractivity contribution in [3.05, 3.63) is 48.0 Å². The van der Waals surface area contributed by atoms with E-state index in [1.807, 2.05) is 0 Å². The third kappa shape index (κ3) is 7.02. The molecule has 0 bridgehead atoms. The van der Waals surface area contributed by atoms with E-state index in [4.69, 9.17) is 14.2 Å². The van der Waals surface area contributed by atoms with E-state index in [1.54, 1.807) is 70.2 Å². The summed E-state index contributed by atoms with van der Waals surface area (Å²) in [4.78, 5) is 38.0. The Labute approximate surface area is 192 Å². The fourth-order valence-corrected chi connectivity index (χ4v) is 3.51. The topological polar surface area (TPSA) is 90.9 Å². The number of rotatable bonds is 9. The van der Waals surface area contributed by atoms with E-state index in [0.717, 1.165) is 0 Å². The Balaban J connectivity index is 2.09. The highest BCUT2D eigenvalue weighted by Gasteiger charge is 2.24. The van der Waals surface area contributed by atoms with Crippen LogP contribution in [0, 0.1) is 5.41 Å². The van der Waals surface area contributed by atoms with Gasteiger partial charge in [0.25, 0.3) is 0 Å². The van der Waals surface area contributed by atoms with Crippen molar-refractivity contribution >= 4 is 35.1 Å². The molecule has 0 heterocycles. The Kier molecular flexibility index (Phi) is 8.72. The van der Waals surface area contributed by atoms with Crippen LogP contribution in [0.4, 0.5) is 5.69 Å². The van der Waals surface area contributed by atoms with Gasteiger partial charge in [0.05, 0.1) is 25.0 Å². The lowest BCUT2D eigenvalue weighted by Gasteiger charge is -2.17. The van der Waals surface area contributed by atoms with E-state index in [0.29, 0.717) is 27.6 Å². The van der Waals surface area contributed by atoms with Crippen molar-refractivity contribution in [2.75, 3.05) is 26.1 Å². The summed E-state index contributed by atoms with van der Waals surface area (Å²) in [6.07, 6.45) is 0. The maximum Gasteiger partial charge on any atom is 0.339 e. The van der Waals surface area contributed by atoms with Crippen LogP contribution in [0.25, 0.3) is 0 Å². The number of carbonyl (C=O) groups excluding carboxylic acids is 3. The van der Waals surface area contributed by atoms with E-state index in [1.165, 1.54) is 26.0 Å². The zero-order valence-electron chi connectivity index (χ0n) is 19.2. The Morgan fingerprint density at radius 1 is 1.00 bits per heavy atom. The molecule has 2 rings (SSSR count). The summed E-state index contributed by atoms with van der Waals surface area (Å²) in [5.41, 5.74) is 0.248. The monoisotopic (exact) mass is 459 g/mol. The first-order valence-corrected chi connectivity index (χ1v) is 10.9. The fourth-order valence-electron chi connectivity index (χ4n) is 2.53. The molecule has 7 nitrogen and oxygen atoms in total. The second-order valence-electron chi connectivity index (χ2n) is 8.10. The van der Waals surface area contributed by atoms with Crippen molar-refractivity contribution < 1.29 is 28.6 Å². The Morgan fingerprint density at radius 3 is 2.16 bits per heavy atom. The van der Waals surface area contributed by atoms with Crippen molar-refractivity contribution in [3.63, 3.8) is 0 Å². The lowest BCUT2D eigenvalue weighted by Crippen LogP contribution is -2.26. The normalized spacial score (nSPS) is 11.9. The zero-order valence-corrected chi connectivity index (χ0v) is 20.0. The van der Waals surface area contributed by atoms with Crippen LogP contribution in [0.3, 0.4) is 0 Å². The van der Waals surface area contributed by atoms with Gasteiger partial charge in [-0.1, -0.05) is 32.9 Å². The van der Waals surface area contributed by atoms with Gasteiger partial charge in [0.2, 0.25) is 5.91 Å². The zero-order chi connectivity index (χ0) is 23.9. The van der Waals surface area contributed by atoms with E-state index in [2.05, 4.69) is 5.32 Å². The number of anilines is 1. The molecule has 0 unspecified atom stereocenters. The number of carbonyl (C=O) groups is 3. The predicted molar refractivity (Wildman–Crippen MR) is 125 cm³/mol. The van der Waals surface area contributed by atoms with Gasteiger partial charge in [0, 0.05) is 34.2 Å². The Hall–Kier alpha value is -3.00. The molecule has 2 aromatic carbocycles. The highest BCUT2D eigenvalue weighted by atomic mass is 32.2. The first-order chi connectivity index (χ1) is 15.0. The SMILES string of the molecule is COc1cc(NC(=O)[C@H](C)Sc2ccccc2C(=O)OCC(=O)C(C)(C)C)cc(OC)c1. The van der Waals surface area contributed by atoms with Crippen LogP contribution >= 0.6 is 11.8 Å². The number of thioether (sulfide) groups is 1. The van der Waals surface area contributed by atoms with Crippen molar-refractivity contribution in [3.8, 4) is 11.5 Å². The number of amides is 1. The number of methoxy groups -OCH3 is 2. The second kappa shape index (κ2) is 11.0. The van der Waals surface area contributed by atoms with Gasteiger partial charge in [0.1, 0.15) is 11.5 Å². The quantitative estimate of drug-likeness (QED) is 0.433. The third-order valence-electron chi connectivity index (χ3n) is 4.57. The predicted octanol–water partition coefficient (Wildman–Crippen LogP) is 4.60. The van der Waals surface area contributed by atoms with Gasteiger partial charge in [-0.25, -0.2) is 4.79 Å². The van der Waals surface area contributed by atoms with Gasteiger partial charge in [0.15, 0.2) is 12.4 Å². The minimum atomic E-state index is -0.601. The van der Waals surface area contributed by atoms with Crippen molar-refractivity contribution in [2.24, 2.45) is 5.41 Å². The number of hydrogen-bond acceptors (Lipinski definition) is 7. The fraction of sp³-hybridized carbons (Fsp3) is 0.375. The summed E-state index contributed by atoms with van der Waals surface area (Å²) in [6.45, 7) is 6.75. The van der Waals surface area contributed by atoms with Crippen molar-refractivity contribution in [1.82, 2.24) is 0 Å². The summed E-state index contributed by atoms with van der Waals surface area (Å²) in [5, 5.41) is 2.32. The standard InChI is InChI=1S/C24H29NO6S/c1-15(22(27)25-16-11-17(29-5)13-18(12-16)30-6)32-20-10-8-7-9-19(20)23(28)31-14-21(26)24(2,3)4/h7-13,15H,14H2,1-6H3,(H,25,27)/t15-/m0/s1. The molecule has 0 aliphatic rings. The minimum Gasteiger partial charge on any atom is -0.497 e. The van der Waals surface area contributed by atoms with E-state index in [9.17, 15) is 14.4 Å². The molecule has 0 spiro atoms. The number of ether oxygens (including phenoxy) is 3. The van der Waals surface area contributed by atoms with Crippen molar-refractivity contribution in [1.29, 1.82) is 0 Å². The van der Waals surface area contributed by atoms with Gasteiger partial charge < -0.3 is 19.5 Å².